The summed E-state index contributed by atoms with van der Waals surface area (Å²) >= 11 is 0. The molecular formula is C23H29N3O4. The number of ketones is 1. The molecule has 0 aliphatic heterocycles. The van der Waals surface area contributed by atoms with Crippen LogP contribution in [0, 0.1) is 19.8 Å². The Morgan fingerprint density at radius 2 is 1.93 bits per heavy atom. The molecule has 1 fully saturated rings. The van der Waals surface area contributed by atoms with Crippen LogP contribution in [0.1, 0.15) is 63.5 Å². The second-order valence-electron chi connectivity index (χ2n) is 7.85. The Balaban J connectivity index is 1.79. The Hall–Kier alpha value is -2.96. The lowest BCUT2D eigenvalue weighted by Crippen LogP contribution is -2.40. The first kappa shape index (κ1) is 21.7. The summed E-state index contributed by atoms with van der Waals surface area (Å²) in [6, 6.07) is 5.69. The summed E-state index contributed by atoms with van der Waals surface area (Å²) in [6.07, 6.45) is 6.17. The molecule has 2 aromatic rings. The molecule has 0 atom stereocenters. The third-order valence-electron chi connectivity index (χ3n) is 5.82. The van der Waals surface area contributed by atoms with E-state index < -0.39 is 5.97 Å². The van der Waals surface area contributed by atoms with Gasteiger partial charge >= 0.3 is 5.97 Å². The quantitative estimate of drug-likeness (QED) is 0.532. The summed E-state index contributed by atoms with van der Waals surface area (Å²) in [7, 11) is 1.30. The highest BCUT2D eigenvalue weighted by molar-refractivity contribution is 6.04. The molecule has 0 unspecified atom stereocenters. The first-order chi connectivity index (χ1) is 14.4. The van der Waals surface area contributed by atoms with E-state index in [1.54, 1.807) is 24.9 Å². The van der Waals surface area contributed by atoms with E-state index in [1.807, 2.05) is 18.2 Å². The van der Waals surface area contributed by atoms with Gasteiger partial charge in [0.2, 0.25) is 5.91 Å². The number of Topliss-reactive ketones (excluding diaryl/α,β-unsaturated/α-hetero) is 1. The number of carbonyl (C=O) groups is 3. The van der Waals surface area contributed by atoms with Gasteiger partial charge in [-0.2, -0.15) is 0 Å². The molecule has 0 saturated heterocycles. The minimum absolute atomic E-state index is 0.0116. The maximum Gasteiger partial charge on any atom is 0.354 e. The number of nitrogens with zero attached hydrogens (tertiary/aromatic N) is 2. The van der Waals surface area contributed by atoms with Gasteiger partial charge in [0.25, 0.3) is 0 Å². The van der Waals surface area contributed by atoms with E-state index in [-0.39, 0.29) is 29.8 Å². The number of hydrogen-bond acceptors (Lipinski definition) is 5. The largest absolute Gasteiger partial charge is 0.464 e. The fraction of sp³-hybridized carbons (Fsp3) is 0.478. The summed E-state index contributed by atoms with van der Waals surface area (Å²) < 4.78 is 4.79. The van der Waals surface area contributed by atoms with Crippen LogP contribution in [0.2, 0.25) is 0 Å². The number of methoxy groups -OCH3 is 1. The number of aromatic nitrogens is 2. The highest BCUT2D eigenvalue weighted by Crippen LogP contribution is 2.27. The van der Waals surface area contributed by atoms with Crippen LogP contribution < -0.4 is 0 Å². The minimum Gasteiger partial charge on any atom is -0.464 e. The van der Waals surface area contributed by atoms with Crippen molar-refractivity contribution in [2.75, 3.05) is 20.2 Å². The van der Waals surface area contributed by atoms with E-state index in [1.165, 1.54) is 7.11 Å². The number of H-pyrrole nitrogens is 1. The normalized spacial score (nSPS) is 14.0. The first-order valence-corrected chi connectivity index (χ1v) is 10.4. The van der Waals surface area contributed by atoms with E-state index in [0.717, 1.165) is 31.4 Å². The molecule has 7 nitrogen and oxygen atoms in total. The third-order valence-corrected chi connectivity index (χ3v) is 5.82. The molecule has 0 spiro atoms. The van der Waals surface area contributed by atoms with Crippen LogP contribution in [0.4, 0.5) is 0 Å². The van der Waals surface area contributed by atoms with Gasteiger partial charge in [-0.05, 0) is 44.4 Å². The van der Waals surface area contributed by atoms with Crippen molar-refractivity contribution < 1.29 is 19.1 Å². The van der Waals surface area contributed by atoms with E-state index in [9.17, 15) is 14.4 Å². The molecule has 2 heterocycles. The molecule has 0 bridgehead atoms. The van der Waals surface area contributed by atoms with Gasteiger partial charge in [0.15, 0.2) is 5.78 Å². The lowest BCUT2D eigenvalue weighted by Gasteiger charge is -2.25. The molecule has 1 aliphatic carbocycles. The SMILES string of the molecule is COC(=O)c1[nH]c(C)c(C(=O)CN(CCc2ccccn2)C(=O)C2CCCC2)c1C. The summed E-state index contributed by atoms with van der Waals surface area (Å²) in [4.78, 5) is 47.2. The van der Waals surface area contributed by atoms with Crippen LogP contribution in [0.15, 0.2) is 24.4 Å². The predicted molar refractivity (Wildman–Crippen MR) is 112 cm³/mol. The fourth-order valence-electron chi connectivity index (χ4n) is 4.22. The van der Waals surface area contributed by atoms with Crippen molar-refractivity contribution in [2.45, 2.75) is 46.0 Å². The van der Waals surface area contributed by atoms with Crippen LogP contribution in [0.3, 0.4) is 0 Å². The Kier molecular flexibility index (Phi) is 7.03. The molecule has 0 aromatic carbocycles. The third kappa shape index (κ3) is 4.78. The maximum absolute atomic E-state index is 13.2. The van der Waals surface area contributed by atoms with Gasteiger partial charge in [0.1, 0.15) is 5.69 Å². The monoisotopic (exact) mass is 411 g/mol. The molecule has 1 amide bonds. The Labute approximate surface area is 176 Å². The van der Waals surface area contributed by atoms with E-state index in [4.69, 9.17) is 4.74 Å². The summed E-state index contributed by atoms with van der Waals surface area (Å²) in [5.74, 6) is -0.663. The first-order valence-electron chi connectivity index (χ1n) is 10.4. The standard InChI is InChI=1S/C23H29N3O4/c1-15-20(16(2)25-21(15)23(29)30-3)19(27)14-26(22(28)17-8-4-5-9-17)13-11-18-10-6-7-12-24-18/h6-7,10,12,17,25H,4-5,8-9,11,13-14H2,1-3H3. The van der Waals surface area contributed by atoms with Crippen LogP contribution >= 0.6 is 0 Å². The molecule has 2 aromatic heterocycles. The van der Waals surface area contributed by atoms with Crippen LogP contribution in [0.5, 0.6) is 0 Å². The molecular weight excluding hydrogens is 382 g/mol. The topological polar surface area (TPSA) is 92.4 Å². The maximum atomic E-state index is 13.2. The Morgan fingerprint density at radius 1 is 1.20 bits per heavy atom. The zero-order valence-corrected chi connectivity index (χ0v) is 17.9. The molecule has 160 valence electrons. The smallest absolute Gasteiger partial charge is 0.354 e. The summed E-state index contributed by atoms with van der Waals surface area (Å²) in [5, 5.41) is 0. The predicted octanol–water partition coefficient (Wildman–Crippen LogP) is 3.26. The van der Waals surface area contributed by atoms with Crippen molar-refractivity contribution in [1.29, 1.82) is 0 Å². The van der Waals surface area contributed by atoms with Gasteiger partial charge in [-0.1, -0.05) is 18.9 Å². The lowest BCUT2D eigenvalue weighted by molar-refractivity contribution is -0.134. The number of aromatic amines is 1. The average Bonchev–Trinajstić information content (AvgIpc) is 3.38. The minimum atomic E-state index is -0.510. The molecule has 30 heavy (non-hydrogen) atoms. The van der Waals surface area contributed by atoms with Gasteiger partial charge < -0.3 is 14.6 Å². The van der Waals surface area contributed by atoms with Crippen molar-refractivity contribution in [1.82, 2.24) is 14.9 Å². The number of carbonyl (C=O) groups excluding carboxylic acids is 3. The van der Waals surface area contributed by atoms with Gasteiger partial charge in [-0.3, -0.25) is 14.6 Å². The van der Waals surface area contributed by atoms with E-state index in [2.05, 4.69) is 9.97 Å². The van der Waals surface area contributed by atoms with Crippen molar-refractivity contribution in [3.63, 3.8) is 0 Å². The number of rotatable bonds is 8. The number of ether oxygens (including phenoxy) is 1. The van der Waals surface area contributed by atoms with Crippen LogP contribution in [0.25, 0.3) is 0 Å². The molecule has 7 heteroatoms. The van der Waals surface area contributed by atoms with Gasteiger partial charge in [0, 0.05) is 42.0 Å². The molecule has 1 N–H and O–H groups in total. The molecule has 1 saturated carbocycles. The molecule has 3 rings (SSSR count). The second-order valence-corrected chi connectivity index (χ2v) is 7.85. The van der Waals surface area contributed by atoms with Crippen molar-refractivity contribution >= 4 is 17.7 Å². The highest BCUT2D eigenvalue weighted by Gasteiger charge is 2.30. The Morgan fingerprint density at radius 3 is 2.57 bits per heavy atom. The highest BCUT2D eigenvalue weighted by atomic mass is 16.5. The molecule has 0 radical (unpaired) electrons. The number of hydrogen-bond donors (Lipinski definition) is 1. The van der Waals surface area contributed by atoms with Crippen LogP contribution in [-0.2, 0) is 16.0 Å². The van der Waals surface area contributed by atoms with E-state index >= 15 is 0 Å². The van der Waals surface area contributed by atoms with Crippen molar-refractivity contribution in [3.8, 4) is 0 Å². The second kappa shape index (κ2) is 9.69. The van der Waals surface area contributed by atoms with E-state index in [0.29, 0.717) is 29.8 Å². The van der Waals surface area contributed by atoms with Crippen LogP contribution in [-0.4, -0.2) is 52.7 Å². The number of nitrogens with one attached hydrogen (secondary N) is 1. The number of aryl methyl sites for hydroxylation is 1. The molecule has 1 aliphatic rings. The zero-order chi connectivity index (χ0) is 21.7. The Bertz CT molecular complexity index is 914. The van der Waals surface area contributed by atoms with Gasteiger partial charge in [0.05, 0.1) is 13.7 Å². The van der Waals surface area contributed by atoms with Crippen molar-refractivity contribution in [3.05, 3.63) is 52.6 Å². The summed E-state index contributed by atoms with van der Waals surface area (Å²) in [6.45, 7) is 3.90. The average molecular weight is 412 g/mol. The van der Waals surface area contributed by atoms with Gasteiger partial charge in [-0.15, -0.1) is 0 Å². The number of esters is 1. The fourth-order valence-corrected chi connectivity index (χ4v) is 4.22. The number of pyridine rings is 1. The number of amides is 1. The van der Waals surface area contributed by atoms with Crippen molar-refractivity contribution in [2.24, 2.45) is 5.92 Å². The lowest BCUT2D eigenvalue weighted by atomic mass is 10.0. The summed E-state index contributed by atoms with van der Waals surface area (Å²) in [5.41, 5.74) is 2.78. The zero-order valence-electron chi connectivity index (χ0n) is 17.9. The van der Waals surface area contributed by atoms with Gasteiger partial charge in [-0.25, -0.2) is 4.79 Å².